The van der Waals surface area contributed by atoms with Crippen molar-refractivity contribution in [3.63, 3.8) is 0 Å². The van der Waals surface area contributed by atoms with Gasteiger partial charge in [0.1, 0.15) is 0 Å². The summed E-state index contributed by atoms with van der Waals surface area (Å²) in [6, 6.07) is 13.6. The number of benzene rings is 2. The molecule has 0 atom stereocenters. The fourth-order valence-electron chi connectivity index (χ4n) is 3.36. The molecule has 2 aromatic carbocycles. The lowest BCUT2D eigenvalue weighted by atomic mass is 9.98. The van der Waals surface area contributed by atoms with Crippen molar-refractivity contribution < 1.29 is 13.2 Å². The molecule has 6 heteroatoms. The van der Waals surface area contributed by atoms with Crippen LogP contribution in [0.1, 0.15) is 35.7 Å². The second-order valence-electron chi connectivity index (χ2n) is 7.26. The van der Waals surface area contributed by atoms with E-state index in [1.54, 1.807) is 42.5 Å². The van der Waals surface area contributed by atoms with Crippen LogP contribution in [0.5, 0.6) is 0 Å². The van der Waals surface area contributed by atoms with Crippen LogP contribution in [0.3, 0.4) is 0 Å². The second kappa shape index (κ2) is 7.72. The van der Waals surface area contributed by atoms with Crippen LogP contribution in [-0.2, 0) is 10.0 Å². The average molecular weight is 387 g/mol. The molecular weight excluding hydrogens is 360 g/mol. The van der Waals surface area contributed by atoms with Crippen LogP contribution in [0.4, 0.5) is 5.69 Å². The number of amides is 1. The van der Waals surface area contributed by atoms with E-state index in [9.17, 15) is 13.2 Å². The number of likely N-dealkylation sites (tertiary alicyclic amines) is 1. The first-order valence-corrected chi connectivity index (χ1v) is 10.7. The molecule has 3 rings (SSSR count). The minimum atomic E-state index is -3.68. The topological polar surface area (TPSA) is 57.7 Å². The SMILES string of the molecule is Cc1ccc(C(=O)N2CCC(C)CC2)cc1N(C)S(=O)(=O)c1ccccc1. The highest BCUT2D eigenvalue weighted by Gasteiger charge is 2.25. The van der Waals surface area contributed by atoms with E-state index in [1.165, 1.54) is 11.4 Å². The number of carbonyl (C=O) groups excluding carboxylic acids is 1. The molecule has 1 saturated heterocycles. The Bertz CT molecular complexity index is 918. The molecule has 0 radical (unpaired) electrons. The third-order valence-corrected chi connectivity index (χ3v) is 7.05. The van der Waals surface area contributed by atoms with E-state index in [1.807, 2.05) is 17.9 Å². The summed E-state index contributed by atoms with van der Waals surface area (Å²) in [4.78, 5) is 15.0. The molecule has 0 aliphatic carbocycles. The quantitative estimate of drug-likeness (QED) is 0.805. The molecule has 0 unspecified atom stereocenters. The summed E-state index contributed by atoms with van der Waals surface area (Å²) < 4.78 is 27.1. The number of carbonyl (C=O) groups is 1. The van der Waals surface area contributed by atoms with Crippen molar-refractivity contribution in [3.05, 3.63) is 59.7 Å². The maximum absolute atomic E-state index is 12.9. The molecule has 1 fully saturated rings. The van der Waals surface area contributed by atoms with E-state index in [0.717, 1.165) is 31.5 Å². The predicted octanol–water partition coefficient (Wildman–Crippen LogP) is 3.69. The lowest BCUT2D eigenvalue weighted by molar-refractivity contribution is 0.0697. The van der Waals surface area contributed by atoms with Gasteiger partial charge in [0.2, 0.25) is 0 Å². The van der Waals surface area contributed by atoms with Gasteiger partial charge < -0.3 is 4.90 Å². The Morgan fingerprint density at radius 2 is 1.70 bits per heavy atom. The van der Waals surface area contributed by atoms with Crippen LogP contribution >= 0.6 is 0 Å². The van der Waals surface area contributed by atoms with Crippen molar-refractivity contribution in [2.24, 2.45) is 5.92 Å². The molecule has 5 nitrogen and oxygen atoms in total. The number of hydrogen-bond donors (Lipinski definition) is 0. The first kappa shape index (κ1) is 19.4. The molecule has 1 aliphatic rings. The second-order valence-corrected chi connectivity index (χ2v) is 9.23. The van der Waals surface area contributed by atoms with Crippen molar-refractivity contribution >= 4 is 21.6 Å². The molecule has 2 aromatic rings. The van der Waals surface area contributed by atoms with E-state index in [-0.39, 0.29) is 10.8 Å². The highest BCUT2D eigenvalue weighted by molar-refractivity contribution is 7.92. The van der Waals surface area contributed by atoms with Crippen LogP contribution < -0.4 is 4.31 Å². The van der Waals surface area contributed by atoms with Crippen LogP contribution in [-0.4, -0.2) is 39.4 Å². The van der Waals surface area contributed by atoms with Gasteiger partial charge in [-0.2, -0.15) is 0 Å². The monoisotopic (exact) mass is 386 g/mol. The smallest absolute Gasteiger partial charge is 0.264 e. The minimum Gasteiger partial charge on any atom is -0.339 e. The number of rotatable bonds is 4. The summed E-state index contributed by atoms with van der Waals surface area (Å²) in [7, 11) is -2.15. The molecule has 1 aliphatic heterocycles. The van der Waals surface area contributed by atoms with E-state index >= 15 is 0 Å². The number of nitrogens with zero attached hydrogens (tertiary/aromatic N) is 2. The zero-order valence-electron chi connectivity index (χ0n) is 16.1. The van der Waals surface area contributed by atoms with E-state index in [4.69, 9.17) is 0 Å². The van der Waals surface area contributed by atoms with Gasteiger partial charge in [-0.1, -0.05) is 31.2 Å². The highest BCUT2D eigenvalue weighted by Crippen LogP contribution is 2.27. The Labute approximate surface area is 161 Å². The number of hydrogen-bond acceptors (Lipinski definition) is 3. The fourth-order valence-corrected chi connectivity index (χ4v) is 4.63. The standard InChI is InChI=1S/C21H26N2O3S/c1-16-11-13-23(14-12-16)21(24)18-10-9-17(2)20(15-18)22(3)27(25,26)19-7-5-4-6-8-19/h4-10,15-16H,11-14H2,1-3H3. The zero-order chi connectivity index (χ0) is 19.6. The molecular formula is C21H26N2O3S. The van der Waals surface area contributed by atoms with Crippen molar-refractivity contribution in [2.45, 2.75) is 31.6 Å². The van der Waals surface area contributed by atoms with Crippen molar-refractivity contribution in [3.8, 4) is 0 Å². The van der Waals surface area contributed by atoms with Gasteiger partial charge in [0.25, 0.3) is 15.9 Å². The van der Waals surface area contributed by atoms with E-state index < -0.39 is 10.0 Å². The number of sulfonamides is 1. The molecule has 144 valence electrons. The van der Waals surface area contributed by atoms with Crippen molar-refractivity contribution in [2.75, 3.05) is 24.4 Å². The maximum Gasteiger partial charge on any atom is 0.264 e. The van der Waals surface area contributed by atoms with Gasteiger partial charge >= 0.3 is 0 Å². The van der Waals surface area contributed by atoms with Gasteiger partial charge in [-0.15, -0.1) is 0 Å². The molecule has 0 saturated carbocycles. The van der Waals surface area contributed by atoms with Crippen LogP contribution in [0, 0.1) is 12.8 Å². The van der Waals surface area contributed by atoms with Gasteiger partial charge in [-0.3, -0.25) is 9.10 Å². The van der Waals surface area contributed by atoms with Gasteiger partial charge in [0.15, 0.2) is 0 Å². The summed E-state index contributed by atoms with van der Waals surface area (Å²) in [5.41, 5.74) is 1.86. The van der Waals surface area contributed by atoms with Crippen LogP contribution in [0.15, 0.2) is 53.4 Å². The first-order valence-electron chi connectivity index (χ1n) is 9.24. The third-order valence-electron chi connectivity index (χ3n) is 5.27. The summed E-state index contributed by atoms with van der Waals surface area (Å²) in [5, 5.41) is 0. The Kier molecular flexibility index (Phi) is 5.56. The molecule has 0 bridgehead atoms. The van der Waals surface area contributed by atoms with Crippen LogP contribution in [0.2, 0.25) is 0 Å². The van der Waals surface area contributed by atoms with Crippen LogP contribution in [0.25, 0.3) is 0 Å². The van der Waals surface area contributed by atoms with Crippen molar-refractivity contribution in [1.29, 1.82) is 0 Å². The Morgan fingerprint density at radius 1 is 1.07 bits per heavy atom. The van der Waals surface area contributed by atoms with Crippen molar-refractivity contribution in [1.82, 2.24) is 4.90 Å². The molecule has 1 amide bonds. The van der Waals surface area contributed by atoms with Gasteiger partial charge in [-0.25, -0.2) is 8.42 Å². The normalized spacial score (nSPS) is 15.6. The Morgan fingerprint density at radius 3 is 2.33 bits per heavy atom. The lowest BCUT2D eigenvalue weighted by Gasteiger charge is -2.30. The predicted molar refractivity (Wildman–Crippen MR) is 108 cm³/mol. The maximum atomic E-state index is 12.9. The van der Waals surface area contributed by atoms with E-state index in [0.29, 0.717) is 17.2 Å². The summed E-state index contributed by atoms with van der Waals surface area (Å²) in [6.07, 6.45) is 2.01. The third kappa shape index (κ3) is 4.00. The molecule has 0 aromatic heterocycles. The van der Waals surface area contributed by atoms with Gasteiger partial charge in [0.05, 0.1) is 10.6 Å². The zero-order valence-corrected chi connectivity index (χ0v) is 16.9. The molecule has 0 spiro atoms. The first-order chi connectivity index (χ1) is 12.8. The summed E-state index contributed by atoms with van der Waals surface area (Å²) in [5.74, 6) is 0.610. The highest BCUT2D eigenvalue weighted by atomic mass is 32.2. The van der Waals surface area contributed by atoms with Gasteiger partial charge in [0, 0.05) is 25.7 Å². The van der Waals surface area contributed by atoms with E-state index in [2.05, 4.69) is 6.92 Å². The minimum absolute atomic E-state index is 0.0336. The molecule has 27 heavy (non-hydrogen) atoms. The molecule has 1 heterocycles. The number of piperidine rings is 1. The fraction of sp³-hybridized carbons (Fsp3) is 0.381. The lowest BCUT2D eigenvalue weighted by Crippen LogP contribution is -2.38. The Hall–Kier alpha value is -2.34. The van der Waals surface area contributed by atoms with Gasteiger partial charge in [-0.05, 0) is 55.5 Å². The number of anilines is 1. The number of aryl methyl sites for hydroxylation is 1. The summed E-state index contributed by atoms with van der Waals surface area (Å²) in [6.45, 7) is 5.56. The molecule has 0 N–H and O–H groups in total. The largest absolute Gasteiger partial charge is 0.339 e. The summed E-state index contributed by atoms with van der Waals surface area (Å²) >= 11 is 0. The Balaban J connectivity index is 1.90. The average Bonchev–Trinajstić information content (AvgIpc) is 2.68.